The molecule has 0 aromatic heterocycles. The van der Waals surface area contributed by atoms with E-state index in [-0.39, 0.29) is 18.0 Å². The molecule has 0 aromatic rings. The summed E-state index contributed by atoms with van der Waals surface area (Å²) >= 11 is 0. The van der Waals surface area contributed by atoms with E-state index in [4.69, 9.17) is 4.74 Å². The molecule has 0 saturated heterocycles. The first-order chi connectivity index (χ1) is 7.51. The van der Waals surface area contributed by atoms with Gasteiger partial charge in [-0.25, -0.2) is 0 Å². The van der Waals surface area contributed by atoms with Crippen molar-refractivity contribution in [2.24, 2.45) is 5.92 Å². The Balaban J connectivity index is 3.99. The molecule has 0 amide bonds. The number of ether oxygens (including phenoxy) is 1. The first-order valence-corrected chi connectivity index (χ1v) is 6.36. The third kappa shape index (κ3) is 6.83. The molecule has 0 aliphatic rings. The zero-order valence-electron chi connectivity index (χ0n) is 11.5. The molecule has 2 unspecified atom stereocenters. The van der Waals surface area contributed by atoms with E-state index >= 15 is 0 Å². The van der Waals surface area contributed by atoms with Crippen molar-refractivity contribution in [3.8, 4) is 0 Å². The summed E-state index contributed by atoms with van der Waals surface area (Å²) < 4.78 is 5.43. The molecular formula is C13H27NO2. The van der Waals surface area contributed by atoms with E-state index in [1.807, 2.05) is 25.9 Å². The van der Waals surface area contributed by atoms with Gasteiger partial charge in [0.05, 0.1) is 5.92 Å². The second-order valence-corrected chi connectivity index (χ2v) is 4.76. The lowest BCUT2D eigenvalue weighted by Gasteiger charge is -2.20. The van der Waals surface area contributed by atoms with Crippen molar-refractivity contribution in [3.05, 3.63) is 0 Å². The summed E-state index contributed by atoms with van der Waals surface area (Å²) in [5, 5.41) is 0. The molecule has 0 radical (unpaired) electrons. The summed E-state index contributed by atoms with van der Waals surface area (Å²) in [5.74, 6) is 0.0647. The molecule has 0 aliphatic carbocycles. The Kier molecular flexibility index (Phi) is 8.26. The number of likely N-dealkylation sites (N-methyl/N-ethyl adjacent to an activating group) is 1. The fraction of sp³-hybridized carbons (Fsp3) is 0.923. The molecule has 0 rings (SSSR count). The maximum Gasteiger partial charge on any atom is 0.309 e. The fourth-order valence-corrected chi connectivity index (χ4v) is 1.79. The highest BCUT2D eigenvalue weighted by Crippen LogP contribution is 2.15. The summed E-state index contributed by atoms with van der Waals surface area (Å²) in [7, 11) is 3.97. The highest BCUT2D eigenvalue weighted by Gasteiger charge is 2.19. The van der Waals surface area contributed by atoms with Gasteiger partial charge in [-0.1, -0.05) is 26.7 Å². The van der Waals surface area contributed by atoms with Gasteiger partial charge < -0.3 is 9.64 Å². The molecule has 0 aromatic carbocycles. The van der Waals surface area contributed by atoms with Crippen molar-refractivity contribution in [1.29, 1.82) is 0 Å². The minimum atomic E-state index is -0.0229. The van der Waals surface area contributed by atoms with Crippen LogP contribution in [0, 0.1) is 5.92 Å². The van der Waals surface area contributed by atoms with Gasteiger partial charge >= 0.3 is 5.97 Å². The second kappa shape index (κ2) is 8.57. The molecule has 2 atom stereocenters. The molecule has 0 N–H and O–H groups in total. The Bertz CT molecular complexity index is 192. The highest BCUT2D eigenvalue weighted by atomic mass is 16.5. The number of unbranched alkanes of at least 4 members (excludes halogenated alkanes) is 1. The number of rotatable bonds is 8. The van der Waals surface area contributed by atoms with E-state index in [1.54, 1.807) is 0 Å². The topological polar surface area (TPSA) is 29.5 Å². The smallest absolute Gasteiger partial charge is 0.309 e. The van der Waals surface area contributed by atoms with Crippen LogP contribution in [0.5, 0.6) is 0 Å². The third-order valence-electron chi connectivity index (χ3n) is 2.67. The van der Waals surface area contributed by atoms with Gasteiger partial charge in [-0.3, -0.25) is 4.79 Å². The second-order valence-electron chi connectivity index (χ2n) is 4.76. The van der Waals surface area contributed by atoms with Crippen LogP contribution in [0.2, 0.25) is 0 Å². The number of carbonyl (C=O) groups is 1. The maximum absolute atomic E-state index is 11.8. The lowest BCUT2D eigenvalue weighted by atomic mass is 10.00. The summed E-state index contributed by atoms with van der Waals surface area (Å²) in [5.41, 5.74) is 0. The third-order valence-corrected chi connectivity index (χ3v) is 2.67. The van der Waals surface area contributed by atoms with E-state index in [2.05, 4.69) is 13.8 Å². The van der Waals surface area contributed by atoms with Gasteiger partial charge in [0.1, 0.15) is 6.10 Å². The Morgan fingerprint density at radius 1 is 1.31 bits per heavy atom. The number of carbonyl (C=O) groups excluding carboxylic acids is 1. The largest absolute Gasteiger partial charge is 0.461 e. The monoisotopic (exact) mass is 229 g/mol. The number of esters is 1. The average Bonchev–Trinajstić information content (AvgIpc) is 2.17. The number of nitrogens with zero attached hydrogens (tertiary/aromatic N) is 1. The van der Waals surface area contributed by atoms with Crippen LogP contribution < -0.4 is 0 Å². The van der Waals surface area contributed by atoms with Crippen molar-refractivity contribution < 1.29 is 9.53 Å². The number of hydrogen-bond donors (Lipinski definition) is 0. The maximum atomic E-state index is 11.8. The fourth-order valence-electron chi connectivity index (χ4n) is 1.79. The van der Waals surface area contributed by atoms with Crippen molar-refractivity contribution in [2.45, 2.75) is 52.6 Å². The SMILES string of the molecule is CCCCC(CC)C(=O)OC(C)CN(C)C. The molecular weight excluding hydrogens is 202 g/mol. The van der Waals surface area contributed by atoms with Crippen LogP contribution in [-0.2, 0) is 9.53 Å². The molecule has 96 valence electrons. The van der Waals surface area contributed by atoms with E-state index in [9.17, 15) is 4.79 Å². The molecule has 0 heterocycles. The minimum Gasteiger partial charge on any atom is -0.461 e. The predicted octanol–water partition coefficient (Wildman–Crippen LogP) is 2.70. The predicted molar refractivity (Wildman–Crippen MR) is 67.4 cm³/mol. The quantitative estimate of drug-likeness (QED) is 0.599. The van der Waals surface area contributed by atoms with Crippen molar-refractivity contribution in [3.63, 3.8) is 0 Å². The number of hydrogen-bond acceptors (Lipinski definition) is 3. The molecule has 0 aliphatic heterocycles. The van der Waals surface area contributed by atoms with Crippen LogP contribution in [-0.4, -0.2) is 37.6 Å². The molecule has 0 spiro atoms. The lowest BCUT2D eigenvalue weighted by Crippen LogP contribution is -2.30. The normalized spacial score (nSPS) is 14.9. The van der Waals surface area contributed by atoms with Gasteiger partial charge in [0.25, 0.3) is 0 Å². The van der Waals surface area contributed by atoms with Gasteiger partial charge in [0.2, 0.25) is 0 Å². The van der Waals surface area contributed by atoms with Crippen LogP contribution >= 0.6 is 0 Å². The molecule has 3 nitrogen and oxygen atoms in total. The molecule has 16 heavy (non-hydrogen) atoms. The van der Waals surface area contributed by atoms with Crippen LogP contribution in [0.15, 0.2) is 0 Å². The Hall–Kier alpha value is -0.570. The highest BCUT2D eigenvalue weighted by molar-refractivity contribution is 5.72. The van der Waals surface area contributed by atoms with Crippen molar-refractivity contribution in [2.75, 3.05) is 20.6 Å². The standard InChI is InChI=1S/C13H27NO2/c1-6-8-9-12(7-2)13(15)16-11(3)10-14(4)5/h11-12H,6-10H2,1-5H3. The molecule has 0 saturated carbocycles. The van der Waals surface area contributed by atoms with Gasteiger partial charge in [-0.15, -0.1) is 0 Å². The van der Waals surface area contributed by atoms with Crippen molar-refractivity contribution >= 4 is 5.97 Å². The van der Waals surface area contributed by atoms with Crippen LogP contribution in [0.3, 0.4) is 0 Å². The van der Waals surface area contributed by atoms with Crippen LogP contribution in [0.25, 0.3) is 0 Å². The van der Waals surface area contributed by atoms with Gasteiger partial charge in [0.15, 0.2) is 0 Å². The van der Waals surface area contributed by atoms with E-state index < -0.39 is 0 Å². The summed E-state index contributed by atoms with van der Waals surface area (Å²) in [4.78, 5) is 13.9. The van der Waals surface area contributed by atoms with Crippen LogP contribution in [0.4, 0.5) is 0 Å². The van der Waals surface area contributed by atoms with E-state index in [0.29, 0.717) is 0 Å². The van der Waals surface area contributed by atoms with Gasteiger partial charge in [-0.05, 0) is 33.9 Å². The summed E-state index contributed by atoms with van der Waals surface area (Å²) in [6.45, 7) is 6.94. The van der Waals surface area contributed by atoms with Crippen molar-refractivity contribution in [1.82, 2.24) is 4.90 Å². The van der Waals surface area contributed by atoms with E-state index in [0.717, 1.165) is 32.2 Å². The summed E-state index contributed by atoms with van der Waals surface area (Å²) in [6.07, 6.45) is 4.07. The Morgan fingerprint density at radius 2 is 1.94 bits per heavy atom. The molecule has 3 heteroatoms. The van der Waals surface area contributed by atoms with Gasteiger partial charge in [0, 0.05) is 6.54 Å². The zero-order valence-corrected chi connectivity index (χ0v) is 11.5. The Labute approximate surface area is 100 Å². The van der Waals surface area contributed by atoms with Gasteiger partial charge in [-0.2, -0.15) is 0 Å². The first kappa shape index (κ1) is 15.4. The summed E-state index contributed by atoms with van der Waals surface area (Å²) in [6, 6.07) is 0. The zero-order chi connectivity index (χ0) is 12.6. The Morgan fingerprint density at radius 3 is 2.38 bits per heavy atom. The average molecular weight is 229 g/mol. The molecule has 0 bridgehead atoms. The lowest BCUT2D eigenvalue weighted by molar-refractivity contribution is -0.154. The minimum absolute atomic E-state index is 0.0156. The van der Waals surface area contributed by atoms with E-state index in [1.165, 1.54) is 0 Å². The first-order valence-electron chi connectivity index (χ1n) is 6.36. The molecule has 0 fully saturated rings. The van der Waals surface area contributed by atoms with Crippen LogP contribution in [0.1, 0.15) is 46.5 Å².